The maximum atomic E-state index is 8.05. The van der Waals surface area contributed by atoms with Gasteiger partial charge in [-0.2, -0.15) is 0 Å². The Labute approximate surface area is 37.1 Å². The van der Waals surface area contributed by atoms with Crippen LogP contribution < -0.4 is 0 Å². The smallest absolute Gasteiger partial charge is 0.173 e. The molecule has 0 saturated carbocycles. The highest BCUT2D eigenvalue weighted by Crippen LogP contribution is 1.83. The Morgan fingerprint density at radius 2 is 2.40 bits per heavy atom. The van der Waals surface area contributed by atoms with E-state index in [1.807, 2.05) is 7.12 Å². The molecule has 0 aromatic heterocycles. The second-order valence-corrected chi connectivity index (χ2v) is 1.70. The van der Waals surface area contributed by atoms with E-state index >= 15 is 0 Å². The third kappa shape index (κ3) is 4.37. The van der Waals surface area contributed by atoms with E-state index in [-0.39, 0.29) is 0 Å². The Hall–Kier alpha value is 0.375. The van der Waals surface area contributed by atoms with Gasteiger partial charge in [0.25, 0.3) is 0 Å². The van der Waals surface area contributed by atoms with E-state index < -0.39 is 0 Å². The van der Waals surface area contributed by atoms with Gasteiger partial charge in [0.2, 0.25) is 0 Å². The third-order valence-corrected chi connectivity index (χ3v) is 0.886. The Morgan fingerprint density at radius 1 is 1.80 bits per heavy atom. The highest BCUT2D eigenvalue weighted by molar-refractivity contribution is 8.19. The van der Waals surface area contributed by atoms with Gasteiger partial charge in [0, 0.05) is 5.75 Å². The number of rotatable bonds is 2. The quantitative estimate of drug-likeness (QED) is 0.450. The van der Waals surface area contributed by atoms with E-state index in [9.17, 15) is 0 Å². The van der Waals surface area contributed by atoms with Gasteiger partial charge in [0.15, 0.2) is 7.12 Å². The lowest BCUT2D eigenvalue weighted by Crippen LogP contribution is -1.81. The normalized spacial score (nSPS) is 8.20. The summed E-state index contributed by atoms with van der Waals surface area (Å²) in [5.41, 5.74) is 0. The van der Waals surface area contributed by atoms with E-state index in [1.165, 1.54) is 0 Å². The highest BCUT2D eigenvalue weighted by Gasteiger charge is 1.68. The van der Waals surface area contributed by atoms with Crippen molar-refractivity contribution in [1.82, 2.24) is 0 Å². The maximum absolute atomic E-state index is 8.05. The van der Waals surface area contributed by atoms with Crippen molar-refractivity contribution in [2.24, 2.45) is 0 Å². The first kappa shape index (κ1) is 5.37. The summed E-state index contributed by atoms with van der Waals surface area (Å²) in [6, 6.07) is 0. The van der Waals surface area contributed by atoms with E-state index in [0.717, 1.165) is 5.75 Å². The fourth-order valence-corrected chi connectivity index (χ4v) is 0.274. The van der Waals surface area contributed by atoms with Crippen LogP contribution in [0, 0.1) is 0 Å². The van der Waals surface area contributed by atoms with Crippen LogP contribution in [0.25, 0.3) is 0 Å². The molecule has 0 aliphatic heterocycles. The largest absolute Gasteiger partial charge is 0.396 e. The molecule has 0 aliphatic carbocycles. The van der Waals surface area contributed by atoms with Gasteiger partial charge in [-0.1, -0.05) is 0 Å². The van der Waals surface area contributed by atoms with Gasteiger partial charge in [0.05, 0.1) is 6.61 Å². The SMILES string of the molecule is BSCCO. The summed E-state index contributed by atoms with van der Waals surface area (Å²) in [6.45, 7) is 0.307. The first-order valence-corrected chi connectivity index (χ1v) is 2.91. The van der Waals surface area contributed by atoms with Gasteiger partial charge in [-0.05, 0) is 0 Å². The second-order valence-electron chi connectivity index (χ2n) is 0.716. The molecule has 30 valence electrons. The molecule has 0 unspecified atom stereocenters. The molecule has 0 aliphatic rings. The van der Waals surface area contributed by atoms with Gasteiger partial charge in [-0.3, -0.25) is 0 Å². The Balaban J connectivity index is 2.19. The molecule has 0 aromatic rings. The van der Waals surface area contributed by atoms with Crippen LogP contribution in [0.2, 0.25) is 0 Å². The fourth-order valence-electron chi connectivity index (χ4n) is 0.0913. The molecule has 0 radical (unpaired) electrons. The molecular weight excluding hydrogens is 82.9 g/mol. The summed E-state index contributed by atoms with van der Waals surface area (Å²) in [5.74, 6) is 0.861. The van der Waals surface area contributed by atoms with Crippen molar-refractivity contribution in [3.05, 3.63) is 0 Å². The number of aliphatic hydroxyl groups is 1. The molecular formula is C2H7BOS. The molecule has 0 heterocycles. The first-order chi connectivity index (χ1) is 2.41. The number of hydrogen-bond acceptors (Lipinski definition) is 2. The van der Waals surface area contributed by atoms with Crippen LogP contribution >= 0.6 is 11.6 Å². The molecule has 1 nitrogen and oxygen atoms in total. The van der Waals surface area contributed by atoms with Crippen molar-refractivity contribution >= 4 is 18.7 Å². The predicted molar refractivity (Wildman–Crippen MR) is 28.1 cm³/mol. The molecule has 0 fully saturated rings. The minimum absolute atomic E-state index is 0.307. The average molecular weight is 90.0 g/mol. The van der Waals surface area contributed by atoms with Crippen LogP contribution in [0.4, 0.5) is 0 Å². The zero-order valence-corrected chi connectivity index (χ0v) is 4.09. The topological polar surface area (TPSA) is 20.2 Å². The number of hydrogen-bond donors (Lipinski definition) is 1. The summed E-state index contributed by atoms with van der Waals surface area (Å²) in [5, 5.41) is 8.05. The Morgan fingerprint density at radius 3 is 2.40 bits per heavy atom. The van der Waals surface area contributed by atoms with Crippen molar-refractivity contribution < 1.29 is 5.11 Å². The lowest BCUT2D eigenvalue weighted by molar-refractivity contribution is 0.323. The van der Waals surface area contributed by atoms with Crippen molar-refractivity contribution in [3.63, 3.8) is 0 Å². The van der Waals surface area contributed by atoms with E-state index in [1.54, 1.807) is 11.6 Å². The molecule has 0 spiro atoms. The summed E-state index contributed by atoms with van der Waals surface area (Å²) in [6.07, 6.45) is 0. The molecule has 1 N–H and O–H groups in total. The third-order valence-electron chi connectivity index (χ3n) is 0.295. The lowest BCUT2D eigenvalue weighted by Gasteiger charge is -1.80. The van der Waals surface area contributed by atoms with Crippen LogP contribution in [-0.2, 0) is 0 Å². The van der Waals surface area contributed by atoms with E-state index in [0.29, 0.717) is 6.61 Å². The van der Waals surface area contributed by atoms with Crippen LogP contribution in [0.5, 0.6) is 0 Å². The minimum Gasteiger partial charge on any atom is -0.396 e. The van der Waals surface area contributed by atoms with Crippen molar-refractivity contribution in [2.45, 2.75) is 0 Å². The Bertz CT molecular complexity index is 17.1. The van der Waals surface area contributed by atoms with Crippen molar-refractivity contribution in [1.29, 1.82) is 0 Å². The maximum Gasteiger partial charge on any atom is 0.173 e. The van der Waals surface area contributed by atoms with Crippen LogP contribution in [0.3, 0.4) is 0 Å². The molecule has 0 atom stereocenters. The molecule has 5 heavy (non-hydrogen) atoms. The average Bonchev–Trinajstić information content (AvgIpc) is 1.41. The molecule has 0 amide bonds. The second kappa shape index (κ2) is 4.37. The molecule has 0 bridgehead atoms. The van der Waals surface area contributed by atoms with Crippen LogP contribution in [0.1, 0.15) is 0 Å². The fraction of sp³-hybridized carbons (Fsp3) is 1.00. The van der Waals surface area contributed by atoms with Gasteiger partial charge >= 0.3 is 0 Å². The zero-order chi connectivity index (χ0) is 4.12. The van der Waals surface area contributed by atoms with Gasteiger partial charge in [-0.15, -0.1) is 0 Å². The molecule has 3 heteroatoms. The van der Waals surface area contributed by atoms with Gasteiger partial charge in [0.1, 0.15) is 0 Å². The molecule has 0 rings (SSSR count). The zero-order valence-electron chi connectivity index (χ0n) is 3.27. The summed E-state index contributed by atoms with van der Waals surface area (Å²) >= 11 is 1.65. The monoisotopic (exact) mass is 90.0 g/mol. The first-order valence-electron chi connectivity index (χ1n) is 1.51. The van der Waals surface area contributed by atoms with Crippen LogP contribution in [-0.4, -0.2) is 24.6 Å². The minimum atomic E-state index is 0.307. The Kier molecular flexibility index (Phi) is 4.70. The van der Waals surface area contributed by atoms with Crippen LogP contribution in [0.15, 0.2) is 0 Å². The van der Waals surface area contributed by atoms with Crippen molar-refractivity contribution in [2.75, 3.05) is 12.4 Å². The summed E-state index contributed by atoms with van der Waals surface area (Å²) in [7, 11) is 1.97. The number of aliphatic hydroxyl groups excluding tert-OH is 1. The summed E-state index contributed by atoms with van der Waals surface area (Å²) in [4.78, 5) is 0. The predicted octanol–water partition coefficient (Wildman–Crippen LogP) is -0.740. The highest BCUT2D eigenvalue weighted by atomic mass is 32.2. The van der Waals surface area contributed by atoms with E-state index in [2.05, 4.69) is 0 Å². The lowest BCUT2D eigenvalue weighted by atomic mass is 10.8. The summed E-state index contributed by atoms with van der Waals surface area (Å²) < 4.78 is 0. The van der Waals surface area contributed by atoms with Crippen molar-refractivity contribution in [3.8, 4) is 0 Å². The van der Waals surface area contributed by atoms with Gasteiger partial charge in [-0.25, -0.2) is 11.6 Å². The standard InChI is InChI=1S/C2H7BOS/c3-5-2-1-4/h4H,1-3H2. The van der Waals surface area contributed by atoms with E-state index in [4.69, 9.17) is 5.11 Å². The molecule has 0 saturated heterocycles. The molecule has 0 aromatic carbocycles. The van der Waals surface area contributed by atoms with Gasteiger partial charge < -0.3 is 5.11 Å².